The number of hydrogen-bond acceptors (Lipinski definition) is 7. The number of halogens is 1. The molecular weight excluding hydrogens is 700 g/mol. The lowest BCUT2D eigenvalue weighted by Gasteiger charge is -2.34. The molecule has 0 aliphatic rings. The quantitative estimate of drug-likeness (QED) is 0.116. The molecular formula is C35H37BrN4O7S. The lowest BCUT2D eigenvalue weighted by atomic mass is 10.0. The van der Waals surface area contributed by atoms with Crippen molar-refractivity contribution in [2.24, 2.45) is 0 Å². The number of benzene rings is 4. The van der Waals surface area contributed by atoms with E-state index >= 15 is 0 Å². The minimum absolute atomic E-state index is 0.00959. The van der Waals surface area contributed by atoms with Crippen LogP contribution < -0.4 is 14.4 Å². The van der Waals surface area contributed by atoms with Crippen molar-refractivity contribution in [1.82, 2.24) is 10.2 Å². The van der Waals surface area contributed by atoms with E-state index in [9.17, 15) is 28.1 Å². The van der Waals surface area contributed by atoms with Crippen LogP contribution in [0.15, 0.2) is 106 Å². The Balaban J connectivity index is 1.83. The molecule has 0 aliphatic carbocycles. The molecule has 1 N–H and O–H groups in total. The Hall–Kier alpha value is -4.75. The van der Waals surface area contributed by atoms with Crippen molar-refractivity contribution in [3.8, 4) is 5.75 Å². The summed E-state index contributed by atoms with van der Waals surface area (Å²) in [7, 11) is -3.07. The van der Waals surface area contributed by atoms with Gasteiger partial charge in [0.05, 0.1) is 22.6 Å². The minimum atomic E-state index is -4.54. The fourth-order valence-corrected chi connectivity index (χ4v) is 6.76. The van der Waals surface area contributed by atoms with Gasteiger partial charge in [-0.1, -0.05) is 71.4 Å². The number of nitro benzene ring substituents is 1. The molecule has 4 aromatic rings. The van der Waals surface area contributed by atoms with Crippen LogP contribution in [0.3, 0.4) is 0 Å². The molecule has 0 saturated carbocycles. The first kappa shape index (κ1) is 36.1. The van der Waals surface area contributed by atoms with E-state index in [4.69, 9.17) is 4.74 Å². The number of aryl methyl sites for hydroxylation is 1. The van der Waals surface area contributed by atoms with Gasteiger partial charge < -0.3 is 15.0 Å². The highest BCUT2D eigenvalue weighted by atomic mass is 79.9. The van der Waals surface area contributed by atoms with E-state index in [-0.39, 0.29) is 40.7 Å². The highest BCUT2D eigenvalue weighted by Crippen LogP contribution is 2.30. The SMILES string of the molecule is CCCNC(=O)[C@@H](Cc1ccccc1)N(Cc1ccc(Br)cc1)C(=O)CN(c1ccc(OC)cc1)S(=O)(=O)c1ccc(C)c([N+](=O)[O-])c1. The Labute approximate surface area is 288 Å². The minimum Gasteiger partial charge on any atom is -0.497 e. The van der Waals surface area contributed by atoms with E-state index in [1.165, 1.54) is 43.2 Å². The summed E-state index contributed by atoms with van der Waals surface area (Å²) < 4.78 is 35.5. The van der Waals surface area contributed by atoms with Gasteiger partial charge in [0, 0.05) is 35.6 Å². The first-order valence-electron chi connectivity index (χ1n) is 15.2. The number of anilines is 1. The van der Waals surface area contributed by atoms with Crippen LogP contribution in [-0.2, 0) is 32.6 Å². The molecule has 0 bridgehead atoms. The van der Waals surface area contributed by atoms with Crippen LogP contribution in [0, 0.1) is 17.0 Å². The predicted molar refractivity (Wildman–Crippen MR) is 187 cm³/mol. The summed E-state index contributed by atoms with van der Waals surface area (Å²) in [6, 6.07) is 25.2. The first-order chi connectivity index (χ1) is 22.9. The van der Waals surface area contributed by atoms with E-state index in [1.54, 1.807) is 12.1 Å². The summed E-state index contributed by atoms with van der Waals surface area (Å²) in [5.41, 5.74) is 1.58. The van der Waals surface area contributed by atoms with E-state index in [0.29, 0.717) is 18.7 Å². The number of methoxy groups -OCH3 is 1. The molecule has 13 heteroatoms. The zero-order chi connectivity index (χ0) is 34.8. The van der Waals surface area contributed by atoms with E-state index in [1.807, 2.05) is 61.5 Å². The molecule has 0 heterocycles. The molecule has 4 rings (SSSR count). The van der Waals surface area contributed by atoms with Crippen LogP contribution in [0.25, 0.3) is 0 Å². The van der Waals surface area contributed by atoms with Gasteiger partial charge in [-0.05, 0) is 66.9 Å². The van der Waals surface area contributed by atoms with E-state index < -0.39 is 33.4 Å². The number of nitrogens with zero attached hydrogens (tertiary/aromatic N) is 3. The van der Waals surface area contributed by atoms with Crippen molar-refractivity contribution in [3.05, 3.63) is 128 Å². The second-order valence-corrected chi connectivity index (χ2v) is 13.8. The van der Waals surface area contributed by atoms with Gasteiger partial charge in [-0.25, -0.2) is 8.42 Å². The molecule has 0 spiro atoms. The molecule has 4 aromatic carbocycles. The summed E-state index contributed by atoms with van der Waals surface area (Å²) in [6.45, 7) is 3.14. The largest absolute Gasteiger partial charge is 0.497 e. The van der Waals surface area contributed by atoms with Crippen molar-refractivity contribution in [3.63, 3.8) is 0 Å². The average Bonchev–Trinajstić information content (AvgIpc) is 3.08. The molecule has 11 nitrogen and oxygen atoms in total. The van der Waals surface area contributed by atoms with Crippen LogP contribution in [0.5, 0.6) is 5.75 Å². The fourth-order valence-electron chi connectivity index (χ4n) is 5.06. The van der Waals surface area contributed by atoms with Crippen molar-refractivity contribution in [2.45, 2.75) is 44.2 Å². The lowest BCUT2D eigenvalue weighted by Crippen LogP contribution is -2.53. The molecule has 48 heavy (non-hydrogen) atoms. The molecule has 0 aromatic heterocycles. The van der Waals surface area contributed by atoms with Gasteiger partial charge in [0.25, 0.3) is 15.7 Å². The fraction of sp³-hybridized carbons (Fsp3) is 0.257. The van der Waals surface area contributed by atoms with Gasteiger partial charge in [-0.3, -0.25) is 24.0 Å². The zero-order valence-corrected chi connectivity index (χ0v) is 29.2. The molecule has 2 amide bonds. The van der Waals surface area contributed by atoms with Crippen LogP contribution in [0.1, 0.15) is 30.0 Å². The Morgan fingerprint density at radius 3 is 2.23 bits per heavy atom. The standard InChI is InChI=1S/C35H37BrN4O7S/c1-4-20-37-35(42)33(21-26-8-6-5-7-9-26)38(23-27-11-13-28(36)14-12-27)34(41)24-39(29-15-17-30(47-3)18-16-29)48(45,46)31-19-10-25(2)32(22-31)40(43)44/h5-19,22,33H,4,20-21,23-24H2,1-3H3,(H,37,42)/t33-/m1/s1. The Morgan fingerprint density at radius 1 is 0.958 bits per heavy atom. The van der Waals surface area contributed by atoms with Gasteiger partial charge in [0.2, 0.25) is 11.8 Å². The molecule has 0 radical (unpaired) electrons. The smallest absolute Gasteiger partial charge is 0.273 e. The maximum atomic E-state index is 14.5. The number of sulfonamides is 1. The number of carbonyl (C=O) groups is 2. The van der Waals surface area contributed by atoms with E-state index in [2.05, 4.69) is 21.2 Å². The number of nitrogens with one attached hydrogen (secondary N) is 1. The maximum absolute atomic E-state index is 14.5. The summed E-state index contributed by atoms with van der Waals surface area (Å²) in [6.07, 6.45) is 0.856. The van der Waals surface area contributed by atoms with Crippen molar-refractivity contribution >= 4 is 49.1 Å². The van der Waals surface area contributed by atoms with E-state index in [0.717, 1.165) is 26.0 Å². The molecule has 252 valence electrons. The van der Waals surface area contributed by atoms with Crippen LogP contribution in [0.2, 0.25) is 0 Å². The average molecular weight is 738 g/mol. The predicted octanol–water partition coefficient (Wildman–Crippen LogP) is 6.04. The van der Waals surface area contributed by atoms with Crippen LogP contribution in [0.4, 0.5) is 11.4 Å². The van der Waals surface area contributed by atoms with Gasteiger partial charge in [0.1, 0.15) is 18.3 Å². The summed E-state index contributed by atoms with van der Waals surface area (Å²) in [4.78, 5) is 40.4. The van der Waals surface area contributed by atoms with Gasteiger partial charge in [-0.15, -0.1) is 0 Å². The topological polar surface area (TPSA) is 139 Å². The second-order valence-electron chi connectivity index (χ2n) is 11.1. The Bertz CT molecular complexity index is 1840. The van der Waals surface area contributed by atoms with Gasteiger partial charge in [0.15, 0.2) is 0 Å². The Kier molecular flexibility index (Phi) is 12.3. The molecule has 0 aliphatic heterocycles. The second kappa shape index (κ2) is 16.4. The molecule has 0 unspecified atom stereocenters. The molecule has 0 fully saturated rings. The molecule has 0 saturated heterocycles. The van der Waals surface area contributed by atoms with Crippen molar-refractivity contribution in [1.29, 1.82) is 0 Å². The van der Waals surface area contributed by atoms with Gasteiger partial charge >= 0.3 is 0 Å². The summed E-state index contributed by atoms with van der Waals surface area (Å²) in [5.74, 6) is -0.563. The number of ether oxygens (including phenoxy) is 1. The first-order valence-corrected chi connectivity index (χ1v) is 17.4. The van der Waals surface area contributed by atoms with Crippen LogP contribution >= 0.6 is 15.9 Å². The Morgan fingerprint density at radius 2 is 1.62 bits per heavy atom. The zero-order valence-electron chi connectivity index (χ0n) is 26.8. The maximum Gasteiger partial charge on any atom is 0.273 e. The third kappa shape index (κ3) is 8.98. The summed E-state index contributed by atoms with van der Waals surface area (Å²) >= 11 is 3.43. The highest BCUT2D eigenvalue weighted by Gasteiger charge is 2.35. The van der Waals surface area contributed by atoms with Crippen molar-refractivity contribution < 1.29 is 27.7 Å². The lowest BCUT2D eigenvalue weighted by molar-refractivity contribution is -0.385. The third-order valence-electron chi connectivity index (χ3n) is 7.69. The third-order valence-corrected chi connectivity index (χ3v) is 9.99. The molecule has 1 atom stereocenters. The van der Waals surface area contributed by atoms with Crippen molar-refractivity contribution in [2.75, 3.05) is 24.5 Å². The number of carbonyl (C=O) groups excluding carboxylic acids is 2. The summed E-state index contributed by atoms with van der Waals surface area (Å²) in [5, 5.41) is 14.6. The highest BCUT2D eigenvalue weighted by molar-refractivity contribution is 9.10. The number of rotatable bonds is 15. The normalized spacial score (nSPS) is 11.8. The number of nitro groups is 1. The van der Waals surface area contributed by atoms with Gasteiger partial charge in [-0.2, -0.15) is 0 Å². The monoisotopic (exact) mass is 736 g/mol. The van der Waals surface area contributed by atoms with Crippen LogP contribution in [-0.4, -0.2) is 56.3 Å². The number of hydrogen-bond donors (Lipinski definition) is 1. The number of amides is 2.